The van der Waals surface area contributed by atoms with Gasteiger partial charge in [0.05, 0.1) is 11.1 Å². The van der Waals surface area contributed by atoms with Crippen LogP contribution in [0.1, 0.15) is 249 Å². The van der Waals surface area contributed by atoms with Crippen molar-refractivity contribution >= 4 is 147 Å². The van der Waals surface area contributed by atoms with Crippen molar-refractivity contribution in [3.63, 3.8) is 0 Å². The topological polar surface area (TPSA) is 143 Å². The van der Waals surface area contributed by atoms with E-state index in [9.17, 15) is 19.2 Å². The summed E-state index contributed by atoms with van der Waals surface area (Å²) in [5, 5.41) is 5.91. The van der Waals surface area contributed by atoms with Crippen LogP contribution in [0.25, 0.3) is 95.6 Å². The highest BCUT2D eigenvalue weighted by Crippen LogP contribution is 2.55. The molecule has 2 aliphatic carbocycles. The van der Waals surface area contributed by atoms with E-state index in [0.29, 0.717) is 81.0 Å². The van der Waals surface area contributed by atoms with Crippen LogP contribution in [-0.2, 0) is 0 Å². The molecule has 10 nitrogen and oxygen atoms in total. The molecule has 4 aliphatic rings. The van der Waals surface area contributed by atoms with Crippen LogP contribution in [0.4, 0.5) is 0 Å². The maximum Gasteiger partial charge on any atom is 0.261 e. The number of nitrogens with zero attached hydrogens (tertiary/aromatic N) is 2. The van der Waals surface area contributed by atoms with Crippen molar-refractivity contribution in [2.75, 3.05) is 0 Å². The molecule has 0 unspecified atom stereocenters. The number of carbonyl (C=O) groups is 8. The van der Waals surface area contributed by atoms with E-state index in [-0.39, 0.29) is 70.0 Å². The average molecular weight is 1400 g/mol. The third-order valence-corrected chi connectivity index (χ3v) is 25.8. The maximum atomic E-state index is 16.1. The van der Waals surface area contributed by atoms with E-state index in [0.717, 1.165) is 185 Å². The van der Waals surface area contributed by atoms with E-state index in [1.807, 2.05) is 60.7 Å². The Balaban J connectivity index is 0.937. The first kappa shape index (κ1) is 66.9. The highest BCUT2D eigenvalue weighted by molar-refractivity contribution is 7.25. The van der Waals surface area contributed by atoms with Gasteiger partial charge in [-0.05, 0) is 143 Å². The van der Waals surface area contributed by atoms with Gasteiger partial charge in [-0.3, -0.25) is 48.2 Å². The number of allylic oxidation sites excluding steroid dienone is 2. The number of benzene rings is 7. The fraction of sp³-hybridized carbons (Fsp3) is 0.302. The summed E-state index contributed by atoms with van der Waals surface area (Å²) >= 11 is 6.13. The summed E-state index contributed by atoms with van der Waals surface area (Å²) in [6.45, 7) is 8.76. The molecule has 0 radical (unpaired) electrons. The summed E-state index contributed by atoms with van der Waals surface area (Å²) in [5.41, 5.74) is 5.34. The first-order valence-electron chi connectivity index (χ1n) is 36.1. The molecule has 0 atom stereocenters. The summed E-state index contributed by atoms with van der Waals surface area (Å²) in [6, 6.07) is 41.5. The van der Waals surface area contributed by atoms with Crippen LogP contribution < -0.4 is 0 Å². The highest BCUT2D eigenvalue weighted by atomic mass is 32.1. The Hall–Kier alpha value is -8.92. The van der Waals surface area contributed by atoms with Crippen LogP contribution in [0.2, 0.25) is 0 Å². The average Bonchev–Trinajstić information content (AvgIpc) is 0.790. The second-order valence-electron chi connectivity index (χ2n) is 27.4. The SMILES string of the molecule is CCCCCCC(CCCCCC)N1C(=O)c2ccc3c4c(-c5ccc(-c6ccc(C=C7C(=O)c8ccccc8C7=O)s6)s5)cc5c6c(ccc(c7c(-c8ccc(-c9ccc(C=C%10C(=O)c%11ccccc%11C%10=O)s9)s8)cc(c2c37)C1=O)c64)C(=O)N(C(CCCCCC)CCCCCC)C5=O. The Morgan fingerprint density at radius 3 is 0.940 bits per heavy atom. The number of rotatable bonds is 28. The van der Waals surface area contributed by atoms with Gasteiger partial charge in [0, 0.05) is 118 Å². The summed E-state index contributed by atoms with van der Waals surface area (Å²) in [4.78, 5) is 128. The number of imide groups is 2. The van der Waals surface area contributed by atoms with Gasteiger partial charge in [0.15, 0.2) is 23.1 Å². The van der Waals surface area contributed by atoms with E-state index in [2.05, 4.69) is 52.0 Å². The Morgan fingerprint density at radius 2 is 0.600 bits per heavy atom. The van der Waals surface area contributed by atoms with Gasteiger partial charge in [0.25, 0.3) is 23.6 Å². The van der Waals surface area contributed by atoms with E-state index in [1.165, 1.54) is 22.7 Å². The van der Waals surface area contributed by atoms with Gasteiger partial charge in [0.2, 0.25) is 0 Å². The number of ketones is 4. The van der Waals surface area contributed by atoms with Gasteiger partial charge in [-0.15, -0.1) is 45.3 Å². The molecule has 11 aromatic rings. The van der Waals surface area contributed by atoms with Crippen LogP contribution in [0.3, 0.4) is 0 Å². The fourth-order valence-electron chi connectivity index (χ4n) is 16.0. The normalized spacial score (nSPS) is 14.5. The molecule has 7 aromatic carbocycles. The van der Waals surface area contributed by atoms with Crippen molar-refractivity contribution in [1.29, 1.82) is 0 Å². The van der Waals surface area contributed by atoms with E-state index in [4.69, 9.17) is 0 Å². The molecule has 0 N–H and O–H groups in total. The zero-order valence-electron chi connectivity index (χ0n) is 56.9. The Kier molecular flexibility index (Phi) is 18.9. The van der Waals surface area contributed by atoms with Crippen molar-refractivity contribution in [1.82, 2.24) is 9.80 Å². The zero-order valence-corrected chi connectivity index (χ0v) is 60.2. The quantitative estimate of drug-likeness (QED) is 0.0118. The first-order chi connectivity index (χ1) is 48.8. The van der Waals surface area contributed by atoms with Crippen LogP contribution in [0.5, 0.6) is 0 Å². The van der Waals surface area contributed by atoms with Gasteiger partial charge < -0.3 is 0 Å². The van der Waals surface area contributed by atoms with Crippen molar-refractivity contribution in [2.24, 2.45) is 0 Å². The maximum absolute atomic E-state index is 16.1. The number of amides is 4. The third kappa shape index (κ3) is 11.7. The predicted octanol–water partition coefficient (Wildman–Crippen LogP) is 23.4. The monoisotopic (exact) mass is 1390 g/mol. The fourth-order valence-corrected chi connectivity index (χ4v) is 20.2. The molecular formula is C86H78N2O8S4. The van der Waals surface area contributed by atoms with Crippen molar-refractivity contribution in [2.45, 2.75) is 168 Å². The number of unbranched alkanes of at least 4 members (excludes halogenated alkanes) is 12. The molecule has 0 saturated heterocycles. The Labute approximate surface area is 598 Å². The van der Waals surface area contributed by atoms with Crippen LogP contribution >= 0.6 is 45.3 Å². The molecule has 6 heterocycles. The van der Waals surface area contributed by atoms with Gasteiger partial charge in [-0.2, -0.15) is 0 Å². The van der Waals surface area contributed by atoms with E-state index in [1.54, 1.807) is 93.2 Å². The number of hydrogen-bond acceptors (Lipinski definition) is 12. The third-order valence-electron chi connectivity index (χ3n) is 21.1. The zero-order chi connectivity index (χ0) is 69.0. The summed E-state index contributed by atoms with van der Waals surface area (Å²) < 4.78 is 0. The lowest BCUT2D eigenvalue weighted by molar-refractivity contribution is 0.0501. The van der Waals surface area contributed by atoms with E-state index >= 15 is 19.2 Å². The van der Waals surface area contributed by atoms with Crippen molar-refractivity contribution in [3.8, 4) is 40.4 Å². The van der Waals surface area contributed by atoms with Crippen LogP contribution in [0, 0.1) is 0 Å². The Morgan fingerprint density at radius 1 is 0.290 bits per heavy atom. The number of fused-ring (bicyclic) bond motifs is 4. The summed E-state index contributed by atoms with van der Waals surface area (Å²) in [5.74, 6) is -2.35. The first-order valence-corrected chi connectivity index (χ1v) is 39.3. The molecule has 0 bridgehead atoms. The number of thiophene rings is 4. The minimum absolute atomic E-state index is 0.140. The second kappa shape index (κ2) is 28.2. The van der Waals surface area contributed by atoms with Gasteiger partial charge in [0.1, 0.15) is 0 Å². The van der Waals surface area contributed by atoms with Gasteiger partial charge in [-0.1, -0.05) is 191 Å². The van der Waals surface area contributed by atoms with Crippen LogP contribution in [0.15, 0.2) is 145 Å². The minimum Gasteiger partial charge on any atom is -0.288 e. The van der Waals surface area contributed by atoms with Crippen molar-refractivity contribution in [3.05, 3.63) is 199 Å². The number of hydrogen-bond donors (Lipinski definition) is 0. The summed E-state index contributed by atoms with van der Waals surface area (Å²) in [6.07, 6.45) is 22.5. The second-order valence-corrected chi connectivity index (χ2v) is 31.8. The number of Topliss-reactive ketones (excluding diaryl/α,β-unsaturated/α-hetero) is 4. The van der Waals surface area contributed by atoms with E-state index < -0.39 is 0 Å². The molecule has 0 saturated carbocycles. The molecule has 0 spiro atoms. The molecule has 0 fully saturated rings. The lowest BCUT2D eigenvalue weighted by Gasteiger charge is -2.36. The Bertz CT molecular complexity index is 4840. The smallest absolute Gasteiger partial charge is 0.261 e. The van der Waals surface area contributed by atoms with Crippen LogP contribution in [-0.4, -0.2) is 68.6 Å². The van der Waals surface area contributed by atoms with Gasteiger partial charge in [-0.25, -0.2) is 0 Å². The molecule has 4 aromatic heterocycles. The molecule has 14 heteroatoms. The molecule has 15 rings (SSSR count). The number of carbonyl (C=O) groups excluding carboxylic acids is 8. The highest BCUT2D eigenvalue weighted by Gasteiger charge is 2.43. The molecular weight excluding hydrogens is 1320 g/mol. The lowest BCUT2D eigenvalue weighted by atomic mass is 9.78. The van der Waals surface area contributed by atoms with Crippen molar-refractivity contribution < 1.29 is 38.4 Å². The molecule has 504 valence electrons. The lowest BCUT2D eigenvalue weighted by Crippen LogP contribution is -2.47. The molecule has 2 aliphatic heterocycles. The largest absolute Gasteiger partial charge is 0.288 e. The predicted molar refractivity (Wildman–Crippen MR) is 411 cm³/mol. The molecule has 4 amide bonds. The summed E-state index contributed by atoms with van der Waals surface area (Å²) in [7, 11) is 0. The minimum atomic E-state index is -0.309. The standard InChI is InChI=1S/C86H78N2O8S4/c1-5-9-13-17-25-49(26-18-14-10-6-2)87-83(93)59-37-35-57-74-62(68-42-44-72(100-68)70-40-34-52(98-70)46-66-81(91)55-31-23-24-32-56(55)82(66)92)48-64-76-60(84(94)88(86(64)96)50(27-19-15-11-7-3)28-20-16-12-8-4)38-36-58(78(74)76)73-61(47-63(85(87)95)75(59)77(57)73)67-41-43-71(99-67)69-39-33-51(97-69)45-65-79(89)53-29-21-22-30-54(53)80(65)90/h21-24,29-50H,5-20,25-28H2,1-4H3. The molecule has 100 heavy (non-hydrogen) atoms. The van der Waals surface area contributed by atoms with Gasteiger partial charge >= 0.3 is 0 Å².